The van der Waals surface area contributed by atoms with Gasteiger partial charge in [0.25, 0.3) is 0 Å². The van der Waals surface area contributed by atoms with Crippen LogP contribution in [0.3, 0.4) is 0 Å². The maximum absolute atomic E-state index is 5.59. The second-order valence-corrected chi connectivity index (χ2v) is 4.74. The third kappa shape index (κ3) is 2.14. The van der Waals surface area contributed by atoms with Crippen LogP contribution in [-0.4, -0.2) is 12.1 Å². The van der Waals surface area contributed by atoms with Crippen LogP contribution in [0.2, 0.25) is 0 Å². The van der Waals surface area contributed by atoms with Gasteiger partial charge in [0.1, 0.15) is 5.75 Å². The number of fused-ring (bicyclic) bond motifs is 1. The number of hydrogen-bond acceptors (Lipinski definition) is 2. The van der Waals surface area contributed by atoms with E-state index < -0.39 is 0 Å². The minimum Gasteiger partial charge on any atom is -0.496 e. The normalized spacial score (nSPS) is 10.7. The summed E-state index contributed by atoms with van der Waals surface area (Å²) >= 11 is 0. The lowest BCUT2D eigenvalue weighted by atomic mass is 10.0. The first-order chi connectivity index (χ1) is 9.83. The van der Waals surface area contributed by atoms with Crippen LogP contribution in [0.1, 0.15) is 12.5 Å². The molecule has 0 aliphatic carbocycles. The summed E-state index contributed by atoms with van der Waals surface area (Å²) in [7, 11) is 1.72. The summed E-state index contributed by atoms with van der Waals surface area (Å²) in [6, 6.07) is 18.5. The Morgan fingerprint density at radius 1 is 1.00 bits per heavy atom. The fourth-order valence-corrected chi connectivity index (χ4v) is 2.54. The first-order valence-corrected chi connectivity index (χ1v) is 6.85. The molecule has 2 heteroatoms. The van der Waals surface area contributed by atoms with Crippen LogP contribution in [0.4, 0.5) is 0 Å². The van der Waals surface area contributed by atoms with Crippen molar-refractivity contribution in [3.05, 3.63) is 60.2 Å². The first-order valence-electron chi connectivity index (χ1n) is 6.85. The molecule has 0 bridgehead atoms. The number of pyridine rings is 1. The molecule has 0 fully saturated rings. The summed E-state index contributed by atoms with van der Waals surface area (Å²) in [6.45, 7) is 2.15. The Morgan fingerprint density at radius 3 is 2.50 bits per heavy atom. The molecule has 0 radical (unpaired) electrons. The van der Waals surface area contributed by atoms with Gasteiger partial charge in [0, 0.05) is 17.0 Å². The molecule has 0 aliphatic rings. The summed E-state index contributed by atoms with van der Waals surface area (Å²) < 4.78 is 5.59. The SMILES string of the molecule is CCc1cccc2nc(-c3ccccc3)cc(OC)c12. The van der Waals surface area contributed by atoms with Crippen LogP contribution in [0.15, 0.2) is 54.6 Å². The molecular weight excluding hydrogens is 246 g/mol. The molecule has 0 saturated heterocycles. The van der Waals surface area contributed by atoms with Crippen LogP contribution in [0.5, 0.6) is 5.75 Å². The van der Waals surface area contributed by atoms with E-state index in [0.29, 0.717) is 0 Å². The van der Waals surface area contributed by atoms with Crippen LogP contribution < -0.4 is 4.74 Å². The largest absolute Gasteiger partial charge is 0.496 e. The smallest absolute Gasteiger partial charge is 0.130 e. The zero-order valence-corrected chi connectivity index (χ0v) is 11.8. The minimum absolute atomic E-state index is 0.895. The highest BCUT2D eigenvalue weighted by atomic mass is 16.5. The van der Waals surface area contributed by atoms with Crippen molar-refractivity contribution in [3.63, 3.8) is 0 Å². The fraction of sp³-hybridized carbons (Fsp3) is 0.167. The third-order valence-electron chi connectivity index (χ3n) is 3.55. The number of hydrogen-bond donors (Lipinski definition) is 0. The summed E-state index contributed by atoms with van der Waals surface area (Å²) in [5.41, 5.74) is 4.31. The van der Waals surface area contributed by atoms with Gasteiger partial charge in [-0.1, -0.05) is 49.4 Å². The van der Waals surface area contributed by atoms with E-state index >= 15 is 0 Å². The van der Waals surface area contributed by atoms with Crippen molar-refractivity contribution in [1.82, 2.24) is 4.98 Å². The highest BCUT2D eigenvalue weighted by molar-refractivity contribution is 5.90. The average Bonchev–Trinajstić information content (AvgIpc) is 2.53. The Bertz CT molecular complexity index is 735. The fourth-order valence-electron chi connectivity index (χ4n) is 2.54. The molecule has 20 heavy (non-hydrogen) atoms. The number of aryl methyl sites for hydroxylation is 1. The molecule has 0 atom stereocenters. The summed E-state index contributed by atoms with van der Waals surface area (Å²) in [5, 5.41) is 1.12. The minimum atomic E-state index is 0.895. The molecule has 0 saturated carbocycles. The van der Waals surface area contributed by atoms with Gasteiger partial charge in [0.2, 0.25) is 0 Å². The summed E-state index contributed by atoms with van der Waals surface area (Å²) in [6.07, 6.45) is 0.972. The summed E-state index contributed by atoms with van der Waals surface area (Å²) in [5.74, 6) is 0.895. The maximum atomic E-state index is 5.59. The molecule has 0 N–H and O–H groups in total. The lowest BCUT2D eigenvalue weighted by Gasteiger charge is -2.11. The highest BCUT2D eigenvalue weighted by Gasteiger charge is 2.10. The molecule has 1 heterocycles. The zero-order valence-electron chi connectivity index (χ0n) is 11.8. The van der Waals surface area contributed by atoms with Crippen molar-refractivity contribution in [2.24, 2.45) is 0 Å². The van der Waals surface area contributed by atoms with E-state index in [9.17, 15) is 0 Å². The van der Waals surface area contributed by atoms with Crippen LogP contribution in [-0.2, 0) is 6.42 Å². The van der Waals surface area contributed by atoms with Crippen LogP contribution in [0.25, 0.3) is 22.2 Å². The topological polar surface area (TPSA) is 22.1 Å². The van der Waals surface area contributed by atoms with Gasteiger partial charge in [-0.05, 0) is 18.1 Å². The standard InChI is InChI=1S/C18H17NO/c1-3-13-10-7-11-15-18(13)17(20-2)12-16(19-15)14-8-5-4-6-9-14/h4-12H,3H2,1-2H3. The van der Waals surface area contributed by atoms with Gasteiger partial charge in [-0.3, -0.25) is 0 Å². The molecule has 1 aromatic heterocycles. The van der Waals surface area contributed by atoms with Crippen molar-refractivity contribution in [2.75, 3.05) is 7.11 Å². The second kappa shape index (κ2) is 5.33. The molecule has 100 valence electrons. The molecule has 0 unspecified atom stereocenters. The monoisotopic (exact) mass is 263 g/mol. The van der Waals surface area contributed by atoms with E-state index in [1.165, 1.54) is 5.56 Å². The van der Waals surface area contributed by atoms with Crippen LogP contribution >= 0.6 is 0 Å². The van der Waals surface area contributed by atoms with Crippen LogP contribution in [0, 0.1) is 0 Å². The lowest BCUT2D eigenvalue weighted by molar-refractivity contribution is 0.419. The van der Waals surface area contributed by atoms with E-state index in [-0.39, 0.29) is 0 Å². The second-order valence-electron chi connectivity index (χ2n) is 4.74. The average molecular weight is 263 g/mol. The molecule has 0 amide bonds. The van der Waals surface area contributed by atoms with Gasteiger partial charge in [-0.25, -0.2) is 4.98 Å². The number of nitrogens with zero attached hydrogens (tertiary/aromatic N) is 1. The van der Waals surface area contributed by atoms with E-state index in [0.717, 1.165) is 34.3 Å². The van der Waals surface area contributed by atoms with Crippen molar-refractivity contribution in [3.8, 4) is 17.0 Å². The van der Waals surface area contributed by atoms with Crippen molar-refractivity contribution in [2.45, 2.75) is 13.3 Å². The van der Waals surface area contributed by atoms with Gasteiger partial charge in [0.15, 0.2) is 0 Å². The Balaban J connectivity index is 2.28. The molecule has 0 aliphatic heterocycles. The molecule has 3 rings (SSSR count). The van der Waals surface area contributed by atoms with Crippen molar-refractivity contribution < 1.29 is 4.74 Å². The van der Waals surface area contributed by atoms with Gasteiger partial charge in [0.05, 0.1) is 18.3 Å². The van der Waals surface area contributed by atoms with Gasteiger partial charge in [-0.15, -0.1) is 0 Å². The predicted octanol–water partition coefficient (Wildman–Crippen LogP) is 4.47. The van der Waals surface area contributed by atoms with E-state index in [2.05, 4.69) is 31.2 Å². The molecule has 2 nitrogen and oxygen atoms in total. The maximum Gasteiger partial charge on any atom is 0.130 e. The first kappa shape index (κ1) is 12.7. The Hall–Kier alpha value is -2.35. The van der Waals surface area contributed by atoms with Gasteiger partial charge < -0.3 is 4.74 Å². The lowest BCUT2D eigenvalue weighted by Crippen LogP contribution is -1.94. The predicted molar refractivity (Wildman–Crippen MR) is 83.1 cm³/mol. The quantitative estimate of drug-likeness (QED) is 0.695. The Morgan fingerprint density at radius 2 is 1.80 bits per heavy atom. The molecule has 3 aromatic rings. The zero-order chi connectivity index (χ0) is 13.9. The van der Waals surface area contributed by atoms with E-state index in [4.69, 9.17) is 9.72 Å². The number of methoxy groups -OCH3 is 1. The molecule has 2 aromatic carbocycles. The van der Waals surface area contributed by atoms with E-state index in [1.54, 1.807) is 7.11 Å². The van der Waals surface area contributed by atoms with Gasteiger partial charge >= 0.3 is 0 Å². The number of rotatable bonds is 3. The summed E-state index contributed by atoms with van der Waals surface area (Å²) in [4.78, 5) is 4.78. The highest BCUT2D eigenvalue weighted by Crippen LogP contribution is 2.32. The molecular formula is C18H17NO. The molecule has 0 spiro atoms. The van der Waals surface area contributed by atoms with Crippen molar-refractivity contribution in [1.29, 1.82) is 0 Å². The number of aromatic nitrogens is 1. The Labute approximate surface area is 119 Å². The Kier molecular flexibility index (Phi) is 3.38. The van der Waals surface area contributed by atoms with Crippen molar-refractivity contribution >= 4 is 10.9 Å². The number of ether oxygens (including phenoxy) is 1. The third-order valence-corrected chi connectivity index (χ3v) is 3.55. The number of benzene rings is 2. The van der Waals surface area contributed by atoms with Gasteiger partial charge in [-0.2, -0.15) is 0 Å². The van der Waals surface area contributed by atoms with E-state index in [1.807, 2.05) is 30.3 Å².